The van der Waals surface area contributed by atoms with Crippen molar-refractivity contribution >= 4 is 41.3 Å². The molecule has 0 saturated carbocycles. The number of aromatic nitrogens is 2. The van der Waals surface area contributed by atoms with Crippen LogP contribution in [-0.4, -0.2) is 29.0 Å². The second-order valence-corrected chi connectivity index (χ2v) is 7.22. The average Bonchev–Trinajstić information content (AvgIpc) is 3.02. The Morgan fingerprint density at radius 3 is 2.92 bits per heavy atom. The Bertz CT molecular complexity index is 648. The second-order valence-electron chi connectivity index (χ2n) is 6.05. The molecule has 0 aliphatic heterocycles. The topological polar surface area (TPSA) is 76.2 Å². The van der Waals surface area contributed by atoms with Gasteiger partial charge in [-0.2, -0.15) is 0 Å². The number of nitrogens with two attached hydrogens (primary N) is 1. The van der Waals surface area contributed by atoms with Crippen LogP contribution in [0.15, 0.2) is 29.4 Å². The maximum absolute atomic E-state index is 5.90. The van der Waals surface area contributed by atoms with Gasteiger partial charge < -0.3 is 11.1 Å². The quantitative estimate of drug-likeness (QED) is 0.282. The molecule has 2 heterocycles. The first-order valence-corrected chi connectivity index (χ1v) is 9.54. The Morgan fingerprint density at radius 1 is 1.24 bits per heavy atom. The summed E-state index contributed by atoms with van der Waals surface area (Å²) in [5.41, 5.74) is 8.31. The molecule has 0 amide bonds. The average molecular weight is 471 g/mol. The van der Waals surface area contributed by atoms with E-state index in [4.69, 9.17) is 10.7 Å². The van der Waals surface area contributed by atoms with Crippen molar-refractivity contribution in [3.8, 4) is 0 Å². The number of hydrogen-bond acceptors (Lipinski definition) is 4. The lowest BCUT2D eigenvalue weighted by atomic mass is 10.0. The van der Waals surface area contributed by atoms with E-state index >= 15 is 0 Å². The van der Waals surface area contributed by atoms with E-state index < -0.39 is 0 Å². The van der Waals surface area contributed by atoms with Gasteiger partial charge in [0.15, 0.2) is 5.96 Å². The Kier molecular flexibility index (Phi) is 8.60. The number of aryl methyl sites for hydroxylation is 3. The fraction of sp³-hybridized carbons (Fsp3) is 0.500. The van der Waals surface area contributed by atoms with Gasteiger partial charge in [0.25, 0.3) is 0 Å². The van der Waals surface area contributed by atoms with Gasteiger partial charge in [-0.05, 0) is 44.2 Å². The molecule has 0 bridgehead atoms. The van der Waals surface area contributed by atoms with Crippen LogP contribution in [0.2, 0.25) is 0 Å². The Balaban J connectivity index is 0.00000225. The zero-order chi connectivity index (χ0) is 16.6. The van der Waals surface area contributed by atoms with E-state index in [0.717, 1.165) is 44.5 Å². The first-order valence-electron chi connectivity index (χ1n) is 8.72. The molecule has 7 heteroatoms. The number of nitrogens with zero attached hydrogens (tertiary/aromatic N) is 3. The zero-order valence-corrected chi connectivity index (χ0v) is 17.6. The van der Waals surface area contributed by atoms with Gasteiger partial charge in [-0.25, -0.2) is 4.98 Å². The Morgan fingerprint density at radius 2 is 2.12 bits per heavy atom. The summed E-state index contributed by atoms with van der Waals surface area (Å²) in [6.07, 6.45) is 9.65. The van der Waals surface area contributed by atoms with Crippen LogP contribution in [0.5, 0.6) is 0 Å². The van der Waals surface area contributed by atoms with Crippen LogP contribution in [0.3, 0.4) is 0 Å². The first kappa shape index (κ1) is 20.1. The van der Waals surface area contributed by atoms with Gasteiger partial charge in [0.2, 0.25) is 0 Å². The number of pyridine rings is 1. The van der Waals surface area contributed by atoms with Crippen LogP contribution in [0.4, 0.5) is 0 Å². The third kappa shape index (κ3) is 6.54. The highest BCUT2D eigenvalue weighted by Crippen LogP contribution is 2.27. The van der Waals surface area contributed by atoms with E-state index in [1.165, 1.54) is 34.8 Å². The minimum absolute atomic E-state index is 0. The van der Waals surface area contributed by atoms with Gasteiger partial charge in [-0.3, -0.25) is 9.98 Å². The molecule has 0 fully saturated rings. The molecule has 0 saturated heterocycles. The van der Waals surface area contributed by atoms with Crippen molar-refractivity contribution in [2.24, 2.45) is 10.7 Å². The number of hydrogen-bond donors (Lipinski definition) is 2. The molecule has 2 aromatic rings. The number of guanidine groups is 1. The number of thiazole rings is 1. The monoisotopic (exact) mass is 471 g/mol. The van der Waals surface area contributed by atoms with Crippen LogP contribution in [0, 0.1) is 0 Å². The number of rotatable bonds is 7. The van der Waals surface area contributed by atoms with Gasteiger partial charge >= 0.3 is 0 Å². The Hall–Kier alpha value is -1.22. The summed E-state index contributed by atoms with van der Waals surface area (Å²) in [7, 11) is 0. The summed E-state index contributed by atoms with van der Waals surface area (Å²) in [4.78, 5) is 15.0. The highest BCUT2D eigenvalue weighted by Gasteiger charge is 2.14. The van der Waals surface area contributed by atoms with Gasteiger partial charge in [0.1, 0.15) is 0 Å². The molecule has 3 rings (SSSR count). The largest absolute Gasteiger partial charge is 0.370 e. The molecule has 0 aromatic carbocycles. The lowest BCUT2D eigenvalue weighted by molar-refractivity contribution is 0.679. The highest BCUT2D eigenvalue weighted by molar-refractivity contribution is 14.0. The number of nitrogens with one attached hydrogen (secondary N) is 1. The minimum Gasteiger partial charge on any atom is -0.370 e. The summed E-state index contributed by atoms with van der Waals surface area (Å²) in [5, 5.41) is 4.41. The lowest BCUT2D eigenvalue weighted by Gasteiger charge is -2.06. The predicted molar refractivity (Wildman–Crippen MR) is 115 cm³/mol. The SMILES string of the molecule is I.NC(=NCCCc1nc2c(s1)CCCC2)NCCc1ccccn1. The summed E-state index contributed by atoms with van der Waals surface area (Å²) in [6.45, 7) is 1.50. The number of halogens is 1. The van der Waals surface area contributed by atoms with Gasteiger partial charge in [0.05, 0.1) is 10.7 Å². The minimum atomic E-state index is 0. The maximum Gasteiger partial charge on any atom is 0.188 e. The summed E-state index contributed by atoms with van der Waals surface area (Å²) >= 11 is 1.89. The zero-order valence-electron chi connectivity index (χ0n) is 14.4. The van der Waals surface area contributed by atoms with Crippen molar-refractivity contribution in [1.82, 2.24) is 15.3 Å². The molecule has 1 aliphatic rings. The molecule has 0 radical (unpaired) electrons. The van der Waals surface area contributed by atoms with Crippen molar-refractivity contribution in [2.45, 2.75) is 44.9 Å². The maximum atomic E-state index is 5.90. The molecule has 0 unspecified atom stereocenters. The van der Waals surface area contributed by atoms with Crippen LogP contribution < -0.4 is 11.1 Å². The van der Waals surface area contributed by atoms with Crippen LogP contribution in [-0.2, 0) is 25.7 Å². The van der Waals surface area contributed by atoms with Gasteiger partial charge in [0, 0.05) is 42.7 Å². The highest BCUT2D eigenvalue weighted by atomic mass is 127. The summed E-state index contributed by atoms with van der Waals surface area (Å²) < 4.78 is 0. The van der Waals surface area contributed by atoms with E-state index in [1.54, 1.807) is 0 Å². The molecule has 5 nitrogen and oxygen atoms in total. The van der Waals surface area contributed by atoms with Crippen LogP contribution in [0.1, 0.15) is 40.5 Å². The fourth-order valence-electron chi connectivity index (χ4n) is 2.86. The van der Waals surface area contributed by atoms with Crippen LogP contribution >= 0.6 is 35.3 Å². The molecule has 1 aliphatic carbocycles. The smallest absolute Gasteiger partial charge is 0.188 e. The number of aliphatic imine (C=N–C) groups is 1. The second kappa shape index (κ2) is 10.7. The molecule has 2 aromatic heterocycles. The molecular formula is C18H26IN5S. The Labute approximate surface area is 170 Å². The fourth-order valence-corrected chi connectivity index (χ4v) is 4.06. The van der Waals surface area contributed by atoms with Crippen molar-refractivity contribution in [1.29, 1.82) is 0 Å². The van der Waals surface area contributed by atoms with Crippen molar-refractivity contribution in [2.75, 3.05) is 13.1 Å². The third-order valence-electron chi connectivity index (χ3n) is 4.13. The van der Waals surface area contributed by atoms with Crippen molar-refractivity contribution < 1.29 is 0 Å². The summed E-state index contributed by atoms with van der Waals surface area (Å²) in [5.74, 6) is 0.518. The van der Waals surface area contributed by atoms with E-state index in [9.17, 15) is 0 Å². The van der Waals surface area contributed by atoms with Crippen LogP contribution in [0.25, 0.3) is 0 Å². The molecule has 25 heavy (non-hydrogen) atoms. The molecule has 0 spiro atoms. The predicted octanol–water partition coefficient (Wildman–Crippen LogP) is 3.11. The van der Waals surface area contributed by atoms with E-state index in [-0.39, 0.29) is 24.0 Å². The first-order chi connectivity index (χ1) is 11.8. The van der Waals surface area contributed by atoms with Gasteiger partial charge in [-0.15, -0.1) is 35.3 Å². The van der Waals surface area contributed by atoms with Crippen molar-refractivity contribution in [3.05, 3.63) is 45.7 Å². The summed E-state index contributed by atoms with van der Waals surface area (Å²) in [6, 6.07) is 5.94. The molecule has 136 valence electrons. The van der Waals surface area contributed by atoms with Gasteiger partial charge in [-0.1, -0.05) is 6.07 Å². The van der Waals surface area contributed by atoms with E-state index in [0.29, 0.717) is 5.96 Å². The van der Waals surface area contributed by atoms with E-state index in [1.807, 2.05) is 35.7 Å². The molecule has 0 atom stereocenters. The molecular weight excluding hydrogens is 445 g/mol. The third-order valence-corrected chi connectivity index (χ3v) is 5.35. The standard InChI is InChI=1S/C18H25N5S.HI/c19-18(22-13-10-14-6-3-4-11-20-14)21-12-5-9-17-23-15-7-1-2-8-16(15)24-17;/h3-4,6,11H,1-2,5,7-10,12-13H2,(H3,19,21,22);1H. The normalized spacial score (nSPS) is 13.8. The number of fused-ring (bicyclic) bond motifs is 1. The van der Waals surface area contributed by atoms with E-state index in [2.05, 4.69) is 15.3 Å². The van der Waals surface area contributed by atoms with Crippen molar-refractivity contribution in [3.63, 3.8) is 0 Å². The molecule has 3 N–H and O–H groups in total. The lowest BCUT2D eigenvalue weighted by Crippen LogP contribution is -2.33.